The van der Waals surface area contributed by atoms with Gasteiger partial charge in [0, 0.05) is 24.8 Å². The summed E-state index contributed by atoms with van der Waals surface area (Å²) in [4.78, 5) is 11.1. The van der Waals surface area contributed by atoms with Crippen molar-refractivity contribution in [2.45, 2.75) is 38.6 Å². The molecule has 2 rings (SSSR count). The molecule has 1 fully saturated rings. The third-order valence-corrected chi connectivity index (χ3v) is 4.00. The summed E-state index contributed by atoms with van der Waals surface area (Å²) in [7, 11) is 1.63. The van der Waals surface area contributed by atoms with Crippen LogP contribution < -0.4 is 15.4 Å². The molecule has 1 aromatic rings. The molecule has 0 bridgehead atoms. The lowest BCUT2D eigenvalue weighted by molar-refractivity contribution is 0.297. The van der Waals surface area contributed by atoms with Crippen molar-refractivity contribution >= 4 is 5.95 Å². The van der Waals surface area contributed by atoms with Crippen LogP contribution in [0.5, 0.6) is 5.88 Å². The number of hydrogen-bond acceptors (Lipinski definition) is 5. The van der Waals surface area contributed by atoms with E-state index in [4.69, 9.17) is 10.5 Å². The van der Waals surface area contributed by atoms with Crippen molar-refractivity contribution in [1.82, 2.24) is 9.97 Å². The highest BCUT2D eigenvalue weighted by Gasteiger charge is 2.30. The van der Waals surface area contributed by atoms with E-state index in [1.54, 1.807) is 19.4 Å². The summed E-state index contributed by atoms with van der Waals surface area (Å²) in [6.45, 7) is 3.78. The number of rotatable bonds is 5. The van der Waals surface area contributed by atoms with Crippen LogP contribution in [0.2, 0.25) is 0 Å². The maximum absolute atomic E-state index is 5.93. The number of nitrogens with zero attached hydrogens (tertiary/aromatic N) is 3. The first-order valence-corrected chi connectivity index (χ1v) is 7.13. The van der Waals surface area contributed by atoms with E-state index in [0.29, 0.717) is 17.8 Å². The first kappa shape index (κ1) is 14.1. The van der Waals surface area contributed by atoms with Gasteiger partial charge in [-0.2, -0.15) is 4.98 Å². The molecule has 19 heavy (non-hydrogen) atoms. The van der Waals surface area contributed by atoms with Gasteiger partial charge in [0.1, 0.15) is 0 Å². The Morgan fingerprint density at radius 3 is 2.89 bits per heavy atom. The quantitative estimate of drug-likeness (QED) is 0.879. The fourth-order valence-electron chi connectivity index (χ4n) is 2.98. The minimum Gasteiger partial charge on any atom is -0.481 e. The van der Waals surface area contributed by atoms with Crippen LogP contribution in [0.25, 0.3) is 0 Å². The zero-order valence-corrected chi connectivity index (χ0v) is 11.9. The minimum atomic E-state index is 0.454. The van der Waals surface area contributed by atoms with Gasteiger partial charge in [0.25, 0.3) is 0 Å². The molecule has 2 N–H and O–H groups in total. The van der Waals surface area contributed by atoms with Crippen molar-refractivity contribution in [3.63, 3.8) is 0 Å². The van der Waals surface area contributed by atoms with Crippen molar-refractivity contribution in [3.05, 3.63) is 12.3 Å². The van der Waals surface area contributed by atoms with Crippen LogP contribution in [0.4, 0.5) is 5.95 Å². The monoisotopic (exact) mass is 264 g/mol. The smallest absolute Gasteiger partial charge is 0.228 e. The van der Waals surface area contributed by atoms with Crippen molar-refractivity contribution in [1.29, 1.82) is 0 Å². The van der Waals surface area contributed by atoms with Gasteiger partial charge in [-0.3, -0.25) is 0 Å². The van der Waals surface area contributed by atoms with Crippen LogP contribution in [-0.4, -0.2) is 36.2 Å². The van der Waals surface area contributed by atoms with Gasteiger partial charge in [0.2, 0.25) is 11.8 Å². The van der Waals surface area contributed by atoms with Gasteiger partial charge in [-0.05, 0) is 32.2 Å². The lowest BCUT2D eigenvalue weighted by atomic mass is 9.83. The second kappa shape index (κ2) is 6.70. The Labute approximate surface area is 115 Å². The molecule has 5 nitrogen and oxygen atoms in total. The molecule has 2 unspecified atom stereocenters. The molecule has 1 heterocycles. The van der Waals surface area contributed by atoms with Crippen LogP contribution in [0, 0.1) is 5.92 Å². The number of methoxy groups -OCH3 is 1. The van der Waals surface area contributed by atoms with E-state index in [1.165, 1.54) is 25.7 Å². The summed E-state index contributed by atoms with van der Waals surface area (Å²) >= 11 is 0. The minimum absolute atomic E-state index is 0.454. The lowest BCUT2D eigenvalue weighted by Gasteiger charge is -2.39. The van der Waals surface area contributed by atoms with E-state index >= 15 is 0 Å². The summed E-state index contributed by atoms with van der Waals surface area (Å²) in [5.41, 5.74) is 5.93. The maximum Gasteiger partial charge on any atom is 0.228 e. The predicted molar refractivity (Wildman–Crippen MR) is 76.4 cm³/mol. The van der Waals surface area contributed by atoms with E-state index in [9.17, 15) is 0 Å². The third kappa shape index (κ3) is 3.15. The van der Waals surface area contributed by atoms with Crippen molar-refractivity contribution in [2.24, 2.45) is 11.7 Å². The molecule has 0 amide bonds. The maximum atomic E-state index is 5.93. The molecule has 1 aliphatic carbocycles. The molecule has 0 aromatic carbocycles. The Hall–Kier alpha value is -1.36. The van der Waals surface area contributed by atoms with E-state index in [-0.39, 0.29) is 0 Å². The summed E-state index contributed by atoms with van der Waals surface area (Å²) in [6, 6.07) is 2.23. The highest BCUT2D eigenvalue weighted by molar-refractivity contribution is 5.34. The third-order valence-electron chi connectivity index (χ3n) is 4.00. The van der Waals surface area contributed by atoms with Gasteiger partial charge < -0.3 is 15.4 Å². The van der Waals surface area contributed by atoms with E-state index in [1.807, 2.05) is 0 Å². The molecule has 0 spiro atoms. The highest BCUT2D eigenvalue weighted by atomic mass is 16.5. The SMILES string of the molecule is CCN(c1nccc(OC)n1)C1CCCCC1CN. The normalized spacial score (nSPS) is 23.1. The average molecular weight is 264 g/mol. The van der Waals surface area contributed by atoms with E-state index in [2.05, 4.69) is 21.8 Å². The first-order valence-electron chi connectivity index (χ1n) is 7.13. The molecule has 0 radical (unpaired) electrons. The van der Waals surface area contributed by atoms with Crippen molar-refractivity contribution in [2.75, 3.05) is 25.1 Å². The molecule has 1 saturated carbocycles. The number of ether oxygens (including phenoxy) is 1. The summed E-state index contributed by atoms with van der Waals surface area (Å²) in [5.74, 6) is 1.92. The molecule has 106 valence electrons. The van der Waals surface area contributed by atoms with Crippen LogP contribution in [0.1, 0.15) is 32.6 Å². The Morgan fingerprint density at radius 2 is 2.21 bits per heavy atom. The molecule has 1 aromatic heterocycles. The van der Waals surface area contributed by atoms with Gasteiger partial charge in [0.05, 0.1) is 7.11 Å². The number of anilines is 1. The summed E-state index contributed by atoms with van der Waals surface area (Å²) < 4.78 is 5.19. The largest absolute Gasteiger partial charge is 0.481 e. The molecule has 1 aliphatic rings. The number of hydrogen-bond donors (Lipinski definition) is 1. The zero-order valence-electron chi connectivity index (χ0n) is 11.9. The van der Waals surface area contributed by atoms with Crippen LogP contribution >= 0.6 is 0 Å². The topological polar surface area (TPSA) is 64.3 Å². The van der Waals surface area contributed by atoms with E-state index < -0.39 is 0 Å². The van der Waals surface area contributed by atoms with Gasteiger partial charge in [-0.25, -0.2) is 4.98 Å². The van der Waals surface area contributed by atoms with Crippen molar-refractivity contribution in [3.8, 4) is 5.88 Å². The van der Waals surface area contributed by atoms with Gasteiger partial charge in [-0.1, -0.05) is 12.8 Å². The molecule has 2 atom stereocenters. The number of aromatic nitrogens is 2. The lowest BCUT2D eigenvalue weighted by Crippen LogP contribution is -2.46. The molecular formula is C14H24N4O. The Kier molecular flexibility index (Phi) is 4.96. The second-order valence-electron chi connectivity index (χ2n) is 5.03. The standard InChI is InChI=1S/C14H24N4O/c1-3-18(12-7-5-4-6-11(12)10-15)14-16-9-8-13(17-14)19-2/h8-9,11-12H,3-7,10,15H2,1-2H3. The highest BCUT2D eigenvalue weighted by Crippen LogP contribution is 2.30. The van der Waals surface area contributed by atoms with Gasteiger partial charge in [0.15, 0.2) is 0 Å². The molecule has 0 aliphatic heterocycles. The fraction of sp³-hybridized carbons (Fsp3) is 0.714. The molecular weight excluding hydrogens is 240 g/mol. The second-order valence-corrected chi connectivity index (χ2v) is 5.03. The molecule has 5 heteroatoms. The van der Waals surface area contributed by atoms with Crippen molar-refractivity contribution < 1.29 is 4.74 Å². The van der Waals surface area contributed by atoms with Gasteiger partial charge >= 0.3 is 0 Å². The average Bonchev–Trinajstić information content (AvgIpc) is 2.49. The summed E-state index contributed by atoms with van der Waals surface area (Å²) in [6.07, 6.45) is 6.69. The van der Waals surface area contributed by atoms with E-state index in [0.717, 1.165) is 19.0 Å². The van der Waals surface area contributed by atoms with Crippen LogP contribution in [0.15, 0.2) is 12.3 Å². The van der Waals surface area contributed by atoms with Crippen LogP contribution in [-0.2, 0) is 0 Å². The number of nitrogens with two attached hydrogens (primary N) is 1. The first-order chi connectivity index (χ1) is 9.30. The fourth-order valence-corrected chi connectivity index (χ4v) is 2.98. The Balaban J connectivity index is 2.21. The Bertz CT molecular complexity index is 399. The van der Waals surface area contributed by atoms with Crippen LogP contribution in [0.3, 0.4) is 0 Å². The molecule has 0 saturated heterocycles. The predicted octanol–water partition coefficient (Wildman–Crippen LogP) is 1.83. The Morgan fingerprint density at radius 1 is 1.42 bits per heavy atom. The summed E-state index contributed by atoms with van der Waals surface area (Å²) in [5, 5.41) is 0. The zero-order chi connectivity index (χ0) is 13.7. The van der Waals surface area contributed by atoms with Gasteiger partial charge in [-0.15, -0.1) is 0 Å².